The summed E-state index contributed by atoms with van der Waals surface area (Å²) in [4.78, 5) is 25.5. The lowest BCUT2D eigenvalue weighted by atomic mass is 9.86. The van der Waals surface area contributed by atoms with Gasteiger partial charge in [-0.25, -0.2) is 4.79 Å². The number of fused-ring (bicyclic) bond motifs is 3. The second-order valence-electron chi connectivity index (χ2n) is 7.86. The summed E-state index contributed by atoms with van der Waals surface area (Å²) in [5.41, 5.74) is 8.03. The van der Waals surface area contributed by atoms with Crippen molar-refractivity contribution >= 4 is 17.6 Å². The lowest BCUT2D eigenvalue weighted by Gasteiger charge is -2.34. The van der Waals surface area contributed by atoms with E-state index in [2.05, 4.69) is 11.0 Å². The first-order chi connectivity index (χ1) is 13.6. The third-order valence-electron chi connectivity index (χ3n) is 6.09. The fourth-order valence-electron chi connectivity index (χ4n) is 4.90. The van der Waals surface area contributed by atoms with E-state index in [1.807, 2.05) is 18.2 Å². The Bertz CT molecular complexity index is 839. The van der Waals surface area contributed by atoms with Gasteiger partial charge in [0.15, 0.2) is 6.61 Å². The maximum atomic E-state index is 12.1. The van der Waals surface area contributed by atoms with Crippen LogP contribution in [0.5, 0.6) is 0 Å². The van der Waals surface area contributed by atoms with Crippen LogP contribution in [-0.4, -0.2) is 36.2 Å². The largest absolute Gasteiger partial charge is 0.486 e. The molecule has 2 aliphatic carbocycles. The molecular weight excluding hydrogens is 356 g/mol. The van der Waals surface area contributed by atoms with Crippen LogP contribution in [0.3, 0.4) is 0 Å². The predicted molar refractivity (Wildman–Crippen MR) is 106 cm³/mol. The van der Waals surface area contributed by atoms with Crippen molar-refractivity contribution in [3.63, 3.8) is 0 Å². The van der Waals surface area contributed by atoms with Crippen LogP contribution in [0.1, 0.15) is 53.9 Å². The van der Waals surface area contributed by atoms with Gasteiger partial charge in [0.2, 0.25) is 5.91 Å². The van der Waals surface area contributed by atoms with E-state index in [0.29, 0.717) is 17.2 Å². The van der Waals surface area contributed by atoms with Gasteiger partial charge < -0.3 is 20.5 Å². The van der Waals surface area contributed by atoms with Crippen molar-refractivity contribution in [1.82, 2.24) is 0 Å². The Morgan fingerprint density at radius 2 is 2.00 bits per heavy atom. The van der Waals surface area contributed by atoms with E-state index >= 15 is 0 Å². The minimum Gasteiger partial charge on any atom is -0.486 e. The summed E-state index contributed by atoms with van der Waals surface area (Å²) in [6.07, 6.45) is 12.1. The number of rotatable bonds is 6. The standard InChI is InChI=1S/C22H26N2O4/c23-22(27)15-8-4-9-16-20(15)21-17(10-5-11-18(21)28-13-19(25)26)24(16)12-14-6-2-1-3-7-14/h4-5,8-11,14,17,21H,1-3,6-7,12-13H2,(H2,23,27)(H,25,26). The summed E-state index contributed by atoms with van der Waals surface area (Å²) in [7, 11) is 0. The fourth-order valence-corrected chi connectivity index (χ4v) is 4.90. The minimum absolute atomic E-state index is 0.00576. The van der Waals surface area contributed by atoms with Gasteiger partial charge in [0, 0.05) is 23.4 Å². The molecule has 1 fully saturated rings. The quantitative estimate of drug-likeness (QED) is 0.788. The number of amides is 1. The molecule has 0 bridgehead atoms. The monoisotopic (exact) mass is 382 g/mol. The third kappa shape index (κ3) is 3.39. The first kappa shape index (κ1) is 18.6. The molecule has 1 aliphatic heterocycles. The number of primary amides is 1. The number of carbonyl (C=O) groups is 2. The number of benzene rings is 1. The number of carboxylic acid groups (broad SMARTS) is 1. The van der Waals surface area contributed by atoms with E-state index in [4.69, 9.17) is 15.6 Å². The summed E-state index contributed by atoms with van der Waals surface area (Å²) in [6.45, 7) is 0.520. The van der Waals surface area contributed by atoms with Gasteiger partial charge >= 0.3 is 5.97 Å². The smallest absolute Gasteiger partial charge is 0.341 e. The number of hydrogen-bond acceptors (Lipinski definition) is 4. The van der Waals surface area contributed by atoms with Gasteiger partial charge in [-0.2, -0.15) is 0 Å². The zero-order chi connectivity index (χ0) is 19.7. The van der Waals surface area contributed by atoms with Crippen LogP contribution in [-0.2, 0) is 9.53 Å². The summed E-state index contributed by atoms with van der Waals surface area (Å²) in [6, 6.07) is 5.65. The number of nitrogens with zero attached hydrogens (tertiary/aromatic N) is 1. The van der Waals surface area contributed by atoms with Crippen molar-refractivity contribution in [2.75, 3.05) is 18.1 Å². The molecule has 3 N–H and O–H groups in total. The lowest BCUT2D eigenvalue weighted by Crippen LogP contribution is -2.38. The van der Waals surface area contributed by atoms with Gasteiger partial charge in [-0.3, -0.25) is 4.79 Å². The highest BCUT2D eigenvalue weighted by Crippen LogP contribution is 2.49. The van der Waals surface area contributed by atoms with Crippen LogP contribution >= 0.6 is 0 Å². The molecular formula is C22H26N2O4. The summed E-state index contributed by atoms with van der Waals surface area (Å²) in [5, 5.41) is 9.04. The maximum absolute atomic E-state index is 12.1. The molecule has 148 valence electrons. The van der Waals surface area contributed by atoms with E-state index in [9.17, 15) is 9.59 Å². The molecule has 6 nitrogen and oxygen atoms in total. The van der Waals surface area contributed by atoms with E-state index in [1.165, 1.54) is 32.1 Å². The van der Waals surface area contributed by atoms with Crippen LogP contribution < -0.4 is 10.6 Å². The molecule has 1 aromatic rings. The second kappa shape index (κ2) is 7.70. The van der Waals surface area contributed by atoms with Crippen LogP contribution in [0.15, 0.2) is 42.2 Å². The SMILES string of the molecule is NC(=O)c1cccc2c1C1C(OCC(=O)O)=CC=CC1N2CC1CCCCC1. The predicted octanol–water partition coefficient (Wildman–Crippen LogP) is 3.19. The lowest BCUT2D eigenvalue weighted by molar-refractivity contribution is -0.141. The number of carbonyl (C=O) groups excluding carboxylic acids is 1. The second-order valence-corrected chi connectivity index (χ2v) is 7.86. The van der Waals surface area contributed by atoms with Crippen LogP contribution in [0.2, 0.25) is 0 Å². The van der Waals surface area contributed by atoms with Crippen LogP contribution in [0.25, 0.3) is 0 Å². The van der Waals surface area contributed by atoms with E-state index < -0.39 is 18.5 Å². The highest BCUT2D eigenvalue weighted by molar-refractivity contribution is 5.97. The van der Waals surface area contributed by atoms with Crippen molar-refractivity contribution in [1.29, 1.82) is 0 Å². The summed E-state index contributed by atoms with van der Waals surface area (Å²) < 4.78 is 5.62. The molecule has 0 saturated heterocycles. The highest BCUT2D eigenvalue weighted by atomic mass is 16.5. The molecule has 28 heavy (non-hydrogen) atoms. The molecule has 4 rings (SSSR count). The summed E-state index contributed by atoms with van der Waals surface area (Å²) >= 11 is 0. The van der Waals surface area contributed by atoms with Crippen LogP contribution in [0.4, 0.5) is 5.69 Å². The van der Waals surface area contributed by atoms with Gasteiger partial charge in [-0.15, -0.1) is 0 Å². The number of aliphatic carboxylic acids is 1. The molecule has 1 aromatic carbocycles. The Labute approximate surface area is 164 Å². The topological polar surface area (TPSA) is 92.9 Å². The molecule has 1 saturated carbocycles. The van der Waals surface area contributed by atoms with Crippen LogP contribution in [0, 0.1) is 5.92 Å². The molecule has 0 radical (unpaired) electrons. The average molecular weight is 382 g/mol. The molecule has 3 aliphatic rings. The Hall–Kier alpha value is -2.76. The number of anilines is 1. The Balaban J connectivity index is 1.72. The third-order valence-corrected chi connectivity index (χ3v) is 6.09. The Kier molecular flexibility index (Phi) is 5.11. The van der Waals surface area contributed by atoms with E-state index in [0.717, 1.165) is 17.8 Å². The minimum atomic E-state index is -1.02. The van der Waals surface area contributed by atoms with Gasteiger partial charge in [0.25, 0.3) is 0 Å². The molecule has 2 unspecified atom stereocenters. The zero-order valence-corrected chi connectivity index (χ0v) is 15.8. The number of hydrogen-bond donors (Lipinski definition) is 2. The van der Waals surface area contributed by atoms with Gasteiger partial charge in [0.05, 0.1) is 12.0 Å². The Morgan fingerprint density at radius 3 is 2.71 bits per heavy atom. The highest BCUT2D eigenvalue weighted by Gasteiger charge is 2.44. The van der Waals surface area contributed by atoms with E-state index in [-0.39, 0.29) is 12.0 Å². The van der Waals surface area contributed by atoms with Crippen molar-refractivity contribution in [2.24, 2.45) is 11.7 Å². The fraction of sp³-hybridized carbons (Fsp3) is 0.455. The number of ether oxygens (including phenoxy) is 1. The van der Waals surface area contributed by atoms with Crippen molar-refractivity contribution < 1.29 is 19.4 Å². The average Bonchev–Trinajstić information content (AvgIpc) is 3.01. The zero-order valence-electron chi connectivity index (χ0n) is 15.8. The van der Waals surface area contributed by atoms with Gasteiger partial charge in [0.1, 0.15) is 5.76 Å². The van der Waals surface area contributed by atoms with Crippen molar-refractivity contribution in [3.05, 3.63) is 53.3 Å². The number of allylic oxidation sites excluding steroid dienone is 2. The van der Waals surface area contributed by atoms with Gasteiger partial charge in [-0.05, 0) is 37.0 Å². The number of nitrogens with two attached hydrogens (primary N) is 1. The number of carboxylic acids is 1. The normalized spacial score (nSPS) is 23.7. The molecule has 0 spiro atoms. The van der Waals surface area contributed by atoms with Gasteiger partial charge in [-0.1, -0.05) is 37.5 Å². The molecule has 0 aromatic heterocycles. The Morgan fingerprint density at radius 1 is 1.21 bits per heavy atom. The van der Waals surface area contributed by atoms with Crippen molar-refractivity contribution in [3.8, 4) is 0 Å². The maximum Gasteiger partial charge on any atom is 0.341 e. The molecule has 1 heterocycles. The van der Waals surface area contributed by atoms with Crippen molar-refractivity contribution in [2.45, 2.75) is 44.1 Å². The molecule has 6 heteroatoms. The van der Waals surface area contributed by atoms with E-state index in [1.54, 1.807) is 12.1 Å². The first-order valence-electron chi connectivity index (χ1n) is 9.98. The first-order valence-corrected chi connectivity index (χ1v) is 9.98. The molecule has 2 atom stereocenters. The summed E-state index contributed by atoms with van der Waals surface area (Å²) in [5.74, 6) is -0.502. The molecule has 1 amide bonds.